The summed E-state index contributed by atoms with van der Waals surface area (Å²) in [4.78, 5) is 24.8. The minimum Gasteiger partial charge on any atom is -0.497 e. The molecule has 1 N–H and O–H groups in total. The number of nitrogens with zero attached hydrogens (tertiary/aromatic N) is 3. The molecule has 7 heteroatoms. The average Bonchev–Trinajstić information content (AvgIpc) is 3.02. The number of methoxy groups -OCH3 is 1. The Kier molecular flexibility index (Phi) is 5.30. The van der Waals surface area contributed by atoms with Crippen molar-refractivity contribution in [2.75, 3.05) is 39.8 Å². The van der Waals surface area contributed by atoms with Crippen LogP contribution in [0.3, 0.4) is 0 Å². The first-order valence-electron chi connectivity index (χ1n) is 8.32. The summed E-state index contributed by atoms with van der Waals surface area (Å²) in [5.41, 5.74) is 1.81. The van der Waals surface area contributed by atoms with Crippen LogP contribution in [0.5, 0.6) is 5.75 Å². The molecule has 1 aliphatic rings. The molecule has 1 saturated heterocycles. The minimum atomic E-state index is -0.152. The number of ether oxygens (including phenoxy) is 1. The standard InChI is InChI=1S/C17H24N4O2S/c1-4-20-7-9-21(10-8-20)16(22)12(2)24-17-18-14-6-5-13(23-3)11-15(14)19-17/h5-6,11-12H,4,7-10H2,1-3H3,(H,18,19). The number of carbonyl (C=O) groups is 1. The highest BCUT2D eigenvalue weighted by atomic mass is 32.2. The predicted molar refractivity (Wildman–Crippen MR) is 96.7 cm³/mol. The van der Waals surface area contributed by atoms with Gasteiger partial charge in [-0.2, -0.15) is 0 Å². The molecular weight excluding hydrogens is 324 g/mol. The molecule has 0 radical (unpaired) electrons. The quantitative estimate of drug-likeness (QED) is 0.840. The summed E-state index contributed by atoms with van der Waals surface area (Å²) in [5, 5.41) is 0.618. The van der Waals surface area contributed by atoms with E-state index in [1.165, 1.54) is 11.8 Å². The summed E-state index contributed by atoms with van der Waals surface area (Å²) >= 11 is 1.48. The van der Waals surface area contributed by atoms with Crippen molar-refractivity contribution >= 4 is 28.7 Å². The van der Waals surface area contributed by atoms with Crippen molar-refractivity contribution in [2.45, 2.75) is 24.3 Å². The Morgan fingerprint density at radius 2 is 2.12 bits per heavy atom. The smallest absolute Gasteiger partial charge is 0.235 e. The monoisotopic (exact) mass is 348 g/mol. The molecule has 6 nitrogen and oxygen atoms in total. The van der Waals surface area contributed by atoms with E-state index in [1.807, 2.05) is 30.0 Å². The van der Waals surface area contributed by atoms with Crippen LogP contribution in [0.1, 0.15) is 13.8 Å². The number of aromatic amines is 1. The van der Waals surface area contributed by atoms with Gasteiger partial charge in [0, 0.05) is 32.2 Å². The van der Waals surface area contributed by atoms with Crippen molar-refractivity contribution in [3.8, 4) is 5.75 Å². The Balaban J connectivity index is 1.63. The zero-order chi connectivity index (χ0) is 17.1. The highest BCUT2D eigenvalue weighted by Gasteiger charge is 2.25. The second kappa shape index (κ2) is 7.44. The van der Waals surface area contributed by atoms with E-state index in [0.717, 1.165) is 54.7 Å². The van der Waals surface area contributed by atoms with E-state index in [-0.39, 0.29) is 11.2 Å². The number of likely N-dealkylation sites (N-methyl/N-ethyl adjacent to an activating group) is 1. The maximum atomic E-state index is 12.6. The van der Waals surface area contributed by atoms with E-state index in [2.05, 4.69) is 21.8 Å². The maximum Gasteiger partial charge on any atom is 0.235 e. The van der Waals surface area contributed by atoms with Crippen LogP contribution >= 0.6 is 11.8 Å². The average molecular weight is 348 g/mol. The first-order valence-corrected chi connectivity index (χ1v) is 9.20. The Morgan fingerprint density at radius 1 is 1.38 bits per heavy atom. The molecule has 2 aromatic rings. The third kappa shape index (κ3) is 3.67. The first kappa shape index (κ1) is 17.1. The van der Waals surface area contributed by atoms with Crippen molar-refractivity contribution in [1.29, 1.82) is 0 Å². The van der Waals surface area contributed by atoms with E-state index in [0.29, 0.717) is 0 Å². The van der Waals surface area contributed by atoms with Gasteiger partial charge in [-0.05, 0) is 25.6 Å². The number of fused-ring (bicyclic) bond motifs is 1. The van der Waals surface area contributed by atoms with Crippen LogP contribution < -0.4 is 4.74 Å². The topological polar surface area (TPSA) is 61.5 Å². The third-order valence-corrected chi connectivity index (χ3v) is 5.41. The summed E-state index contributed by atoms with van der Waals surface area (Å²) in [5.74, 6) is 0.981. The summed E-state index contributed by atoms with van der Waals surface area (Å²) < 4.78 is 5.23. The molecule has 1 aromatic heterocycles. The zero-order valence-corrected chi connectivity index (χ0v) is 15.2. The largest absolute Gasteiger partial charge is 0.497 e. The molecule has 1 unspecified atom stereocenters. The molecule has 1 amide bonds. The summed E-state index contributed by atoms with van der Waals surface area (Å²) in [7, 11) is 1.65. The van der Waals surface area contributed by atoms with Gasteiger partial charge in [-0.15, -0.1) is 0 Å². The van der Waals surface area contributed by atoms with Gasteiger partial charge in [0.1, 0.15) is 5.75 Å². The number of benzene rings is 1. The number of piperazine rings is 1. The number of rotatable bonds is 5. The van der Waals surface area contributed by atoms with Crippen LogP contribution in [-0.2, 0) is 4.79 Å². The zero-order valence-electron chi connectivity index (χ0n) is 14.4. The Labute approximate surface area is 146 Å². The van der Waals surface area contributed by atoms with Crippen molar-refractivity contribution in [3.05, 3.63) is 18.2 Å². The predicted octanol–water partition coefficient (Wildman–Crippen LogP) is 2.22. The molecule has 3 rings (SSSR count). The van der Waals surface area contributed by atoms with E-state index >= 15 is 0 Å². The number of amides is 1. The second-order valence-corrected chi connectivity index (χ2v) is 7.27. The summed E-state index contributed by atoms with van der Waals surface area (Å²) in [6.07, 6.45) is 0. The number of thioether (sulfide) groups is 1. The molecule has 0 spiro atoms. The second-order valence-electron chi connectivity index (χ2n) is 5.94. The highest BCUT2D eigenvalue weighted by Crippen LogP contribution is 2.26. The molecule has 1 aliphatic heterocycles. The van der Waals surface area contributed by atoms with E-state index in [4.69, 9.17) is 4.74 Å². The number of nitrogens with one attached hydrogen (secondary N) is 1. The van der Waals surface area contributed by atoms with Gasteiger partial charge in [0.2, 0.25) is 5.91 Å². The lowest BCUT2D eigenvalue weighted by molar-refractivity contribution is -0.132. The Morgan fingerprint density at radius 3 is 2.79 bits per heavy atom. The molecule has 130 valence electrons. The molecule has 1 atom stereocenters. The number of aromatic nitrogens is 2. The van der Waals surface area contributed by atoms with Gasteiger partial charge in [0.05, 0.1) is 23.4 Å². The first-order chi connectivity index (χ1) is 11.6. The molecule has 24 heavy (non-hydrogen) atoms. The van der Waals surface area contributed by atoms with E-state index in [1.54, 1.807) is 7.11 Å². The van der Waals surface area contributed by atoms with Gasteiger partial charge in [0.25, 0.3) is 0 Å². The SMILES string of the molecule is CCN1CCN(C(=O)C(C)Sc2nc3ccc(OC)cc3[nH]2)CC1. The highest BCUT2D eigenvalue weighted by molar-refractivity contribution is 8.00. The Hall–Kier alpha value is -1.73. The summed E-state index contributed by atoms with van der Waals surface area (Å²) in [6, 6.07) is 5.73. The number of H-pyrrole nitrogens is 1. The van der Waals surface area contributed by atoms with Crippen molar-refractivity contribution in [1.82, 2.24) is 19.8 Å². The van der Waals surface area contributed by atoms with Crippen LogP contribution in [0, 0.1) is 0 Å². The lowest BCUT2D eigenvalue weighted by Gasteiger charge is -2.35. The lowest BCUT2D eigenvalue weighted by atomic mass is 10.3. The minimum absolute atomic E-state index is 0.152. The molecule has 1 aromatic carbocycles. The van der Waals surface area contributed by atoms with Gasteiger partial charge in [-0.1, -0.05) is 18.7 Å². The molecular formula is C17H24N4O2S. The normalized spacial score (nSPS) is 17.2. The van der Waals surface area contributed by atoms with Gasteiger partial charge in [-0.25, -0.2) is 4.98 Å². The molecule has 2 heterocycles. The van der Waals surface area contributed by atoms with Crippen LogP contribution in [-0.4, -0.2) is 70.8 Å². The van der Waals surface area contributed by atoms with E-state index < -0.39 is 0 Å². The maximum absolute atomic E-state index is 12.6. The number of imidazole rings is 1. The van der Waals surface area contributed by atoms with Crippen molar-refractivity contribution in [3.63, 3.8) is 0 Å². The van der Waals surface area contributed by atoms with Gasteiger partial charge < -0.3 is 19.5 Å². The molecule has 0 bridgehead atoms. The van der Waals surface area contributed by atoms with Gasteiger partial charge >= 0.3 is 0 Å². The van der Waals surface area contributed by atoms with Crippen molar-refractivity contribution in [2.24, 2.45) is 0 Å². The fourth-order valence-corrected chi connectivity index (χ4v) is 3.81. The van der Waals surface area contributed by atoms with E-state index in [9.17, 15) is 4.79 Å². The lowest BCUT2D eigenvalue weighted by Crippen LogP contribution is -2.50. The van der Waals surface area contributed by atoms with Crippen LogP contribution in [0.25, 0.3) is 11.0 Å². The van der Waals surface area contributed by atoms with Crippen LogP contribution in [0.15, 0.2) is 23.4 Å². The van der Waals surface area contributed by atoms with Gasteiger partial charge in [-0.3, -0.25) is 4.79 Å². The number of hydrogen-bond acceptors (Lipinski definition) is 5. The molecule has 0 saturated carbocycles. The fraction of sp³-hybridized carbons (Fsp3) is 0.529. The molecule has 0 aliphatic carbocycles. The van der Waals surface area contributed by atoms with Gasteiger partial charge in [0.15, 0.2) is 5.16 Å². The molecule has 1 fully saturated rings. The third-order valence-electron chi connectivity index (χ3n) is 4.43. The number of hydrogen-bond donors (Lipinski definition) is 1. The number of carbonyl (C=O) groups excluding carboxylic acids is 1. The van der Waals surface area contributed by atoms with Crippen LogP contribution in [0.4, 0.5) is 0 Å². The Bertz CT molecular complexity index is 710. The van der Waals surface area contributed by atoms with Crippen molar-refractivity contribution < 1.29 is 9.53 Å². The summed E-state index contributed by atoms with van der Waals surface area (Å²) in [6.45, 7) is 8.71. The van der Waals surface area contributed by atoms with Crippen LogP contribution in [0.2, 0.25) is 0 Å². The fourth-order valence-electron chi connectivity index (χ4n) is 2.91.